The van der Waals surface area contributed by atoms with E-state index in [2.05, 4.69) is 44.0 Å². The summed E-state index contributed by atoms with van der Waals surface area (Å²) in [6.45, 7) is 0. The molecule has 1 saturated carbocycles. The third kappa shape index (κ3) is 3.74. The summed E-state index contributed by atoms with van der Waals surface area (Å²) < 4.78 is 2.20. The van der Waals surface area contributed by atoms with E-state index >= 15 is 0 Å². The molecule has 154 valence electrons. The van der Waals surface area contributed by atoms with Gasteiger partial charge in [-0.1, -0.05) is 36.0 Å². The first-order valence-electron chi connectivity index (χ1n) is 10.5. The van der Waals surface area contributed by atoms with Crippen molar-refractivity contribution in [2.45, 2.75) is 49.3 Å². The molecule has 1 unspecified atom stereocenters. The smallest absolute Gasteiger partial charge is 0.233 e. The molecule has 2 aliphatic rings. The molecular formula is C23H25N5OS. The van der Waals surface area contributed by atoms with Crippen LogP contribution >= 0.6 is 11.8 Å². The van der Waals surface area contributed by atoms with Crippen LogP contribution in [0, 0.1) is 0 Å². The molecule has 0 spiro atoms. The number of benzene rings is 1. The minimum absolute atomic E-state index is 0.137. The first-order chi connectivity index (χ1) is 14.7. The van der Waals surface area contributed by atoms with Crippen molar-refractivity contribution in [1.29, 1.82) is 0 Å². The van der Waals surface area contributed by atoms with Crippen LogP contribution in [0.1, 0.15) is 48.9 Å². The fraction of sp³-hybridized carbons (Fsp3) is 0.391. The van der Waals surface area contributed by atoms with Crippen LogP contribution in [-0.4, -0.2) is 43.4 Å². The van der Waals surface area contributed by atoms with Gasteiger partial charge in [0, 0.05) is 31.0 Å². The number of thioether (sulfide) groups is 1. The molecule has 2 aromatic heterocycles. The molecule has 7 heteroatoms. The Bertz CT molecular complexity index is 1050. The van der Waals surface area contributed by atoms with Gasteiger partial charge in [0.15, 0.2) is 11.0 Å². The van der Waals surface area contributed by atoms with Crippen molar-refractivity contribution < 1.29 is 4.79 Å². The van der Waals surface area contributed by atoms with Crippen molar-refractivity contribution >= 4 is 17.7 Å². The Labute approximate surface area is 180 Å². The first-order valence-corrected chi connectivity index (χ1v) is 11.5. The molecule has 0 N–H and O–H groups in total. The molecule has 2 aliphatic carbocycles. The molecule has 1 aromatic carbocycles. The summed E-state index contributed by atoms with van der Waals surface area (Å²) in [5, 5.41) is 9.68. The van der Waals surface area contributed by atoms with Crippen LogP contribution in [0.25, 0.3) is 11.4 Å². The van der Waals surface area contributed by atoms with Crippen molar-refractivity contribution in [3.63, 3.8) is 0 Å². The molecule has 1 fully saturated rings. The summed E-state index contributed by atoms with van der Waals surface area (Å²) in [5.74, 6) is 1.37. The van der Waals surface area contributed by atoms with Gasteiger partial charge in [0.25, 0.3) is 0 Å². The number of carbonyl (C=O) groups excluding carboxylic acids is 1. The van der Waals surface area contributed by atoms with E-state index in [-0.39, 0.29) is 11.9 Å². The number of rotatable bonds is 6. The van der Waals surface area contributed by atoms with Gasteiger partial charge in [-0.25, -0.2) is 0 Å². The lowest BCUT2D eigenvalue weighted by Gasteiger charge is -2.33. The zero-order chi connectivity index (χ0) is 20.5. The number of hydrogen-bond acceptors (Lipinski definition) is 5. The molecule has 0 bridgehead atoms. The monoisotopic (exact) mass is 419 g/mol. The highest BCUT2D eigenvalue weighted by Gasteiger charge is 2.31. The van der Waals surface area contributed by atoms with Crippen LogP contribution in [0.15, 0.2) is 53.9 Å². The fourth-order valence-electron chi connectivity index (χ4n) is 4.27. The summed E-state index contributed by atoms with van der Waals surface area (Å²) in [6.07, 6.45) is 9.06. The van der Waals surface area contributed by atoms with E-state index in [0.717, 1.165) is 48.6 Å². The molecule has 1 atom stereocenters. The molecule has 0 radical (unpaired) electrons. The standard InChI is InChI=1S/C23H25N5OS/c1-27(20-8-4-6-16-5-2-3-7-19(16)20)21(29)15-30-23-26-25-22(28(23)18-9-10-18)17-11-13-24-14-12-17/h2-3,5,7,11-14,18,20H,4,6,8-10,15H2,1H3. The number of amides is 1. The fourth-order valence-corrected chi connectivity index (χ4v) is 5.20. The van der Waals surface area contributed by atoms with Crippen molar-refractivity contribution in [3.8, 4) is 11.4 Å². The Balaban J connectivity index is 1.31. The van der Waals surface area contributed by atoms with Crippen LogP contribution in [0.2, 0.25) is 0 Å². The second kappa shape index (κ2) is 8.22. The van der Waals surface area contributed by atoms with Gasteiger partial charge in [0.1, 0.15) is 0 Å². The Kier molecular flexibility index (Phi) is 5.29. The molecular weight excluding hydrogens is 394 g/mol. The van der Waals surface area contributed by atoms with Gasteiger partial charge >= 0.3 is 0 Å². The average molecular weight is 420 g/mol. The van der Waals surface area contributed by atoms with Crippen LogP contribution in [0.3, 0.4) is 0 Å². The molecule has 0 saturated heterocycles. The minimum Gasteiger partial charge on any atom is -0.338 e. The second-order valence-corrected chi connectivity index (χ2v) is 8.99. The SMILES string of the molecule is CN(C(=O)CSc1nnc(-c2ccncc2)n1C1CC1)C1CCCc2ccccc21. The van der Waals surface area contributed by atoms with Crippen LogP contribution in [-0.2, 0) is 11.2 Å². The summed E-state index contributed by atoms with van der Waals surface area (Å²) in [5.41, 5.74) is 3.68. The Morgan fingerprint density at radius 2 is 1.93 bits per heavy atom. The number of aryl methyl sites for hydroxylation is 1. The number of hydrogen-bond donors (Lipinski definition) is 0. The highest BCUT2D eigenvalue weighted by atomic mass is 32.2. The van der Waals surface area contributed by atoms with Crippen molar-refractivity contribution in [2.75, 3.05) is 12.8 Å². The number of aromatic nitrogens is 4. The van der Waals surface area contributed by atoms with E-state index in [1.807, 2.05) is 24.1 Å². The van der Waals surface area contributed by atoms with Gasteiger partial charge in [0.2, 0.25) is 5.91 Å². The summed E-state index contributed by atoms with van der Waals surface area (Å²) in [6, 6.07) is 13.0. The van der Waals surface area contributed by atoms with Gasteiger partial charge in [-0.05, 0) is 55.4 Å². The van der Waals surface area contributed by atoms with Gasteiger partial charge in [-0.3, -0.25) is 14.3 Å². The summed E-state index contributed by atoms with van der Waals surface area (Å²) >= 11 is 1.50. The highest BCUT2D eigenvalue weighted by molar-refractivity contribution is 7.99. The van der Waals surface area contributed by atoms with Gasteiger partial charge in [0.05, 0.1) is 11.8 Å². The number of fused-ring (bicyclic) bond motifs is 1. The van der Waals surface area contributed by atoms with E-state index in [9.17, 15) is 4.79 Å². The molecule has 0 aliphatic heterocycles. The third-order valence-corrected chi connectivity index (χ3v) is 6.97. The Morgan fingerprint density at radius 3 is 2.73 bits per heavy atom. The highest BCUT2D eigenvalue weighted by Crippen LogP contribution is 2.41. The van der Waals surface area contributed by atoms with E-state index in [1.165, 1.54) is 22.9 Å². The molecule has 3 aromatic rings. The molecule has 1 amide bonds. The van der Waals surface area contributed by atoms with Crippen LogP contribution in [0.5, 0.6) is 0 Å². The van der Waals surface area contributed by atoms with Gasteiger partial charge in [-0.2, -0.15) is 0 Å². The predicted molar refractivity (Wildman–Crippen MR) is 117 cm³/mol. The van der Waals surface area contributed by atoms with Crippen molar-refractivity contribution in [1.82, 2.24) is 24.6 Å². The predicted octanol–water partition coefficient (Wildman–Crippen LogP) is 4.30. The van der Waals surface area contributed by atoms with Gasteiger partial charge in [-0.15, -0.1) is 10.2 Å². The lowest BCUT2D eigenvalue weighted by Crippen LogP contribution is -2.34. The molecule has 30 heavy (non-hydrogen) atoms. The first kappa shape index (κ1) is 19.3. The molecule has 2 heterocycles. The van der Waals surface area contributed by atoms with Crippen LogP contribution in [0.4, 0.5) is 0 Å². The zero-order valence-corrected chi connectivity index (χ0v) is 17.9. The van der Waals surface area contributed by atoms with E-state index in [0.29, 0.717) is 11.8 Å². The topological polar surface area (TPSA) is 63.9 Å². The third-order valence-electron chi connectivity index (χ3n) is 6.04. The molecule has 6 nitrogen and oxygen atoms in total. The quantitative estimate of drug-likeness (QED) is 0.557. The molecule has 5 rings (SSSR count). The largest absolute Gasteiger partial charge is 0.338 e. The van der Waals surface area contributed by atoms with Crippen LogP contribution < -0.4 is 0 Å². The minimum atomic E-state index is 0.137. The Hall–Kier alpha value is -2.67. The van der Waals surface area contributed by atoms with E-state index in [4.69, 9.17) is 0 Å². The Morgan fingerprint density at radius 1 is 1.13 bits per heavy atom. The van der Waals surface area contributed by atoms with Crippen molar-refractivity contribution in [2.24, 2.45) is 0 Å². The number of nitrogens with zero attached hydrogens (tertiary/aromatic N) is 5. The van der Waals surface area contributed by atoms with E-state index in [1.54, 1.807) is 12.4 Å². The normalized spacial score (nSPS) is 18.1. The van der Waals surface area contributed by atoms with Gasteiger partial charge < -0.3 is 4.90 Å². The number of pyridine rings is 1. The van der Waals surface area contributed by atoms with Crippen molar-refractivity contribution in [3.05, 3.63) is 59.9 Å². The zero-order valence-electron chi connectivity index (χ0n) is 17.1. The maximum atomic E-state index is 13.0. The van der Waals surface area contributed by atoms with E-state index < -0.39 is 0 Å². The second-order valence-electron chi connectivity index (χ2n) is 8.04. The summed E-state index contributed by atoms with van der Waals surface area (Å²) in [7, 11) is 1.93. The lowest BCUT2D eigenvalue weighted by atomic mass is 9.87. The maximum absolute atomic E-state index is 13.0. The average Bonchev–Trinajstić information content (AvgIpc) is 3.55. The summed E-state index contributed by atoms with van der Waals surface area (Å²) in [4.78, 5) is 19.1. The maximum Gasteiger partial charge on any atom is 0.233 e. The lowest BCUT2D eigenvalue weighted by molar-refractivity contribution is -0.129. The number of carbonyl (C=O) groups is 1.